The summed E-state index contributed by atoms with van der Waals surface area (Å²) in [6.07, 6.45) is 1.76. The van der Waals surface area contributed by atoms with Gasteiger partial charge in [-0.15, -0.1) is 0 Å². The molecule has 0 radical (unpaired) electrons. The SMILES string of the molecule is COC(=O)CCCN(C)C=O. The minimum Gasteiger partial charge on any atom is -0.469 e. The van der Waals surface area contributed by atoms with Crippen molar-refractivity contribution in [2.24, 2.45) is 0 Å². The van der Waals surface area contributed by atoms with Crippen LogP contribution in [0.1, 0.15) is 12.8 Å². The molecule has 11 heavy (non-hydrogen) atoms. The normalized spacial score (nSPS) is 8.91. The van der Waals surface area contributed by atoms with Gasteiger partial charge >= 0.3 is 5.97 Å². The van der Waals surface area contributed by atoms with Crippen molar-refractivity contribution in [1.82, 2.24) is 4.90 Å². The Labute approximate surface area is 66.1 Å². The molecule has 0 spiro atoms. The van der Waals surface area contributed by atoms with Crippen molar-refractivity contribution < 1.29 is 14.3 Å². The van der Waals surface area contributed by atoms with Gasteiger partial charge in [0.15, 0.2) is 0 Å². The molecule has 4 heteroatoms. The molecule has 0 heterocycles. The molecule has 0 aromatic rings. The highest BCUT2D eigenvalue weighted by molar-refractivity contribution is 5.69. The predicted molar refractivity (Wildman–Crippen MR) is 39.9 cm³/mol. The first kappa shape index (κ1) is 9.94. The van der Waals surface area contributed by atoms with Crippen molar-refractivity contribution in [2.75, 3.05) is 20.7 Å². The van der Waals surface area contributed by atoms with E-state index in [9.17, 15) is 9.59 Å². The molecule has 0 aromatic carbocycles. The fourth-order valence-electron chi connectivity index (χ4n) is 0.628. The largest absolute Gasteiger partial charge is 0.469 e. The van der Waals surface area contributed by atoms with Crippen molar-refractivity contribution >= 4 is 12.4 Å². The van der Waals surface area contributed by atoms with Crippen LogP contribution >= 0.6 is 0 Å². The van der Waals surface area contributed by atoms with Crippen molar-refractivity contribution in [2.45, 2.75) is 12.8 Å². The molecule has 0 N–H and O–H groups in total. The van der Waals surface area contributed by atoms with Crippen LogP contribution in [0.3, 0.4) is 0 Å². The van der Waals surface area contributed by atoms with Gasteiger partial charge in [-0.3, -0.25) is 9.59 Å². The van der Waals surface area contributed by atoms with Gasteiger partial charge in [0.25, 0.3) is 0 Å². The van der Waals surface area contributed by atoms with Gasteiger partial charge in [-0.05, 0) is 6.42 Å². The molecule has 0 aliphatic rings. The second-order valence-electron chi connectivity index (χ2n) is 2.27. The Balaban J connectivity index is 3.26. The Morgan fingerprint density at radius 1 is 1.64 bits per heavy atom. The Hall–Kier alpha value is -1.06. The smallest absolute Gasteiger partial charge is 0.305 e. The number of amides is 1. The molecule has 0 saturated heterocycles. The summed E-state index contributed by atoms with van der Waals surface area (Å²) in [7, 11) is 3.02. The third-order valence-electron chi connectivity index (χ3n) is 1.30. The number of ether oxygens (including phenoxy) is 1. The molecule has 0 aromatic heterocycles. The van der Waals surface area contributed by atoms with Crippen molar-refractivity contribution in [3.63, 3.8) is 0 Å². The molecular weight excluding hydrogens is 146 g/mol. The van der Waals surface area contributed by atoms with Gasteiger partial charge in [0.2, 0.25) is 6.41 Å². The third-order valence-corrected chi connectivity index (χ3v) is 1.30. The summed E-state index contributed by atoms with van der Waals surface area (Å²) in [5.41, 5.74) is 0. The lowest BCUT2D eigenvalue weighted by Crippen LogP contribution is -2.18. The number of methoxy groups -OCH3 is 1. The highest BCUT2D eigenvalue weighted by Gasteiger charge is 2.00. The Kier molecular flexibility index (Phi) is 5.15. The van der Waals surface area contributed by atoms with Crippen LogP contribution in [-0.2, 0) is 14.3 Å². The maximum Gasteiger partial charge on any atom is 0.305 e. The van der Waals surface area contributed by atoms with E-state index in [0.717, 1.165) is 6.41 Å². The molecule has 0 unspecified atom stereocenters. The standard InChI is InChI=1S/C7H13NO3/c1-8(6-9)5-3-4-7(10)11-2/h6H,3-5H2,1-2H3. The minimum atomic E-state index is -0.232. The van der Waals surface area contributed by atoms with Gasteiger partial charge in [0.1, 0.15) is 0 Å². The average molecular weight is 159 g/mol. The van der Waals surface area contributed by atoms with Gasteiger partial charge in [-0.2, -0.15) is 0 Å². The molecule has 0 aliphatic heterocycles. The van der Waals surface area contributed by atoms with E-state index in [1.807, 2.05) is 0 Å². The second kappa shape index (κ2) is 5.70. The lowest BCUT2D eigenvalue weighted by atomic mass is 10.3. The molecule has 0 rings (SSSR count). The van der Waals surface area contributed by atoms with E-state index in [0.29, 0.717) is 19.4 Å². The molecule has 0 atom stereocenters. The average Bonchev–Trinajstić information content (AvgIpc) is 2.04. The summed E-state index contributed by atoms with van der Waals surface area (Å²) < 4.78 is 4.42. The molecule has 0 aliphatic carbocycles. The number of carbonyl (C=O) groups is 2. The molecule has 0 bridgehead atoms. The van der Waals surface area contributed by atoms with E-state index < -0.39 is 0 Å². The van der Waals surface area contributed by atoms with E-state index in [2.05, 4.69) is 4.74 Å². The van der Waals surface area contributed by atoms with Crippen LogP contribution in [0, 0.1) is 0 Å². The van der Waals surface area contributed by atoms with E-state index in [1.165, 1.54) is 12.0 Å². The van der Waals surface area contributed by atoms with Gasteiger partial charge in [0.05, 0.1) is 7.11 Å². The number of carbonyl (C=O) groups excluding carboxylic acids is 2. The van der Waals surface area contributed by atoms with Crippen LogP contribution in [0.15, 0.2) is 0 Å². The molecule has 64 valence electrons. The first-order chi connectivity index (χ1) is 5.20. The zero-order valence-electron chi connectivity index (χ0n) is 6.87. The van der Waals surface area contributed by atoms with E-state index in [4.69, 9.17) is 0 Å². The molecule has 0 fully saturated rings. The Morgan fingerprint density at radius 2 is 2.27 bits per heavy atom. The summed E-state index contributed by atoms with van der Waals surface area (Å²) in [5, 5.41) is 0. The fraction of sp³-hybridized carbons (Fsp3) is 0.714. The number of hydrogen-bond donors (Lipinski definition) is 0. The van der Waals surface area contributed by atoms with Gasteiger partial charge in [-0.1, -0.05) is 0 Å². The van der Waals surface area contributed by atoms with E-state index in [-0.39, 0.29) is 5.97 Å². The van der Waals surface area contributed by atoms with Crippen LogP contribution in [-0.4, -0.2) is 38.0 Å². The summed E-state index contributed by atoms with van der Waals surface area (Å²) in [4.78, 5) is 22.1. The summed E-state index contributed by atoms with van der Waals surface area (Å²) in [5.74, 6) is -0.232. The quantitative estimate of drug-likeness (QED) is 0.420. The summed E-state index contributed by atoms with van der Waals surface area (Å²) in [6.45, 7) is 0.596. The zero-order valence-corrected chi connectivity index (χ0v) is 6.87. The maximum atomic E-state index is 10.6. The van der Waals surface area contributed by atoms with Gasteiger partial charge in [-0.25, -0.2) is 0 Å². The first-order valence-corrected chi connectivity index (χ1v) is 3.43. The van der Waals surface area contributed by atoms with Crippen LogP contribution in [0.25, 0.3) is 0 Å². The van der Waals surface area contributed by atoms with Crippen molar-refractivity contribution in [3.8, 4) is 0 Å². The maximum absolute atomic E-state index is 10.6. The fourth-order valence-corrected chi connectivity index (χ4v) is 0.628. The summed E-state index contributed by atoms with van der Waals surface area (Å²) >= 11 is 0. The molecule has 4 nitrogen and oxygen atoms in total. The van der Waals surface area contributed by atoms with Crippen molar-refractivity contribution in [1.29, 1.82) is 0 Å². The van der Waals surface area contributed by atoms with Crippen molar-refractivity contribution in [3.05, 3.63) is 0 Å². The molecule has 0 saturated carbocycles. The highest BCUT2D eigenvalue weighted by atomic mass is 16.5. The number of esters is 1. The van der Waals surface area contributed by atoms with E-state index in [1.54, 1.807) is 7.05 Å². The van der Waals surface area contributed by atoms with Crippen LogP contribution < -0.4 is 0 Å². The molecule has 1 amide bonds. The number of hydrogen-bond acceptors (Lipinski definition) is 3. The Bertz CT molecular complexity index is 136. The van der Waals surface area contributed by atoms with Crippen LogP contribution in [0.5, 0.6) is 0 Å². The summed E-state index contributed by atoms with van der Waals surface area (Å²) in [6, 6.07) is 0. The third kappa shape index (κ3) is 5.39. The lowest BCUT2D eigenvalue weighted by Gasteiger charge is -2.08. The van der Waals surface area contributed by atoms with Crippen LogP contribution in [0.2, 0.25) is 0 Å². The monoisotopic (exact) mass is 159 g/mol. The highest BCUT2D eigenvalue weighted by Crippen LogP contribution is 1.92. The minimum absolute atomic E-state index is 0.232. The molecular formula is C7H13NO3. The van der Waals surface area contributed by atoms with Gasteiger partial charge < -0.3 is 9.64 Å². The van der Waals surface area contributed by atoms with Gasteiger partial charge in [0, 0.05) is 20.0 Å². The van der Waals surface area contributed by atoms with Crippen LogP contribution in [0.4, 0.5) is 0 Å². The zero-order chi connectivity index (χ0) is 8.69. The number of nitrogens with zero attached hydrogens (tertiary/aromatic N) is 1. The first-order valence-electron chi connectivity index (χ1n) is 3.43. The predicted octanol–water partition coefficient (Wildman–Crippen LogP) is 0.0278. The number of rotatable bonds is 5. The topological polar surface area (TPSA) is 46.6 Å². The Morgan fingerprint density at radius 3 is 2.73 bits per heavy atom. The van der Waals surface area contributed by atoms with E-state index >= 15 is 0 Å². The second-order valence-corrected chi connectivity index (χ2v) is 2.27. The lowest BCUT2D eigenvalue weighted by molar-refractivity contribution is -0.141.